The van der Waals surface area contributed by atoms with E-state index < -0.39 is 5.97 Å². The third-order valence-corrected chi connectivity index (χ3v) is 5.26. The summed E-state index contributed by atoms with van der Waals surface area (Å²) >= 11 is 3.42. The SMILES string of the molecule is CC(=O)Oc1cccc(C(=O)NC2CCN(C(=O)/C=C/c3cccc(Br)c3)CC2)c1. The highest BCUT2D eigenvalue weighted by atomic mass is 79.9. The molecular formula is C23H23BrN2O4. The molecule has 30 heavy (non-hydrogen) atoms. The van der Waals surface area contributed by atoms with E-state index in [0.29, 0.717) is 37.2 Å². The topological polar surface area (TPSA) is 75.7 Å². The first-order chi connectivity index (χ1) is 14.4. The molecule has 0 spiro atoms. The minimum Gasteiger partial charge on any atom is -0.427 e. The second kappa shape index (κ2) is 10.2. The summed E-state index contributed by atoms with van der Waals surface area (Å²) in [6.07, 6.45) is 4.76. The molecule has 2 aromatic rings. The summed E-state index contributed by atoms with van der Waals surface area (Å²) in [5.41, 5.74) is 1.39. The van der Waals surface area contributed by atoms with Gasteiger partial charge >= 0.3 is 5.97 Å². The van der Waals surface area contributed by atoms with Crippen molar-refractivity contribution in [1.29, 1.82) is 0 Å². The second-order valence-electron chi connectivity index (χ2n) is 7.08. The van der Waals surface area contributed by atoms with Crippen LogP contribution >= 0.6 is 15.9 Å². The second-order valence-corrected chi connectivity index (χ2v) is 8.00. The number of rotatable bonds is 5. The Kier molecular flexibility index (Phi) is 7.41. The lowest BCUT2D eigenvalue weighted by atomic mass is 10.0. The number of carbonyl (C=O) groups excluding carboxylic acids is 3. The molecule has 0 saturated carbocycles. The number of nitrogens with zero attached hydrogens (tertiary/aromatic N) is 1. The molecule has 2 aromatic carbocycles. The Morgan fingerprint density at radius 2 is 1.83 bits per heavy atom. The molecule has 2 amide bonds. The molecule has 0 unspecified atom stereocenters. The number of amides is 2. The van der Waals surface area contributed by atoms with Crippen molar-refractivity contribution in [1.82, 2.24) is 10.2 Å². The highest BCUT2D eigenvalue weighted by Crippen LogP contribution is 2.17. The molecule has 0 aliphatic carbocycles. The fourth-order valence-electron chi connectivity index (χ4n) is 3.26. The van der Waals surface area contributed by atoms with Gasteiger partial charge in [0.2, 0.25) is 5.91 Å². The van der Waals surface area contributed by atoms with Crippen LogP contribution < -0.4 is 10.1 Å². The maximum absolute atomic E-state index is 12.5. The molecule has 1 saturated heterocycles. The molecule has 156 valence electrons. The Balaban J connectivity index is 1.50. The van der Waals surface area contributed by atoms with Crippen molar-refractivity contribution in [2.75, 3.05) is 13.1 Å². The molecule has 1 N–H and O–H groups in total. The van der Waals surface area contributed by atoms with Crippen LogP contribution in [0.2, 0.25) is 0 Å². The van der Waals surface area contributed by atoms with E-state index in [0.717, 1.165) is 10.0 Å². The lowest BCUT2D eigenvalue weighted by Gasteiger charge is -2.31. The fraction of sp³-hybridized carbons (Fsp3) is 0.261. The van der Waals surface area contributed by atoms with E-state index in [1.54, 1.807) is 41.3 Å². The minimum absolute atomic E-state index is 0.00649. The normalized spacial score (nSPS) is 14.5. The Morgan fingerprint density at radius 3 is 2.53 bits per heavy atom. The third kappa shape index (κ3) is 6.29. The standard InChI is InChI=1S/C23H23BrN2O4/c1-16(27)30-21-7-3-5-18(15-21)23(29)25-20-10-12-26(13-11-20)22(28)9-8-17-4-2-6-19(24)14-17/h2-9,14-15,20H,10-13H2,1H3,(H,25,29)/b9-8+. The lowest BCUT2D eigenvalue weighted by Crippen LogP contribution is -2.46. The van der Waals surface area contributed by atoms with Gasteiger partial charge in [0.15, 0.2) is 0 Å². The van der Waals surface area contributed by atoms with Gasteiger partial charge in [-0.3, -0.25) is 14.4 Å². The first-order valence-electron chi connectivity index (χ1n) is 9.72. The van der Waals surface area contributed by atoms with Gasteiger partial charge in [0.05, 0.1) is 0 Å². The van der Waals surface area contributed by atoms with Crippen molar-refractivity contribution in [2.24, 2.45) is 0 Å². The first kappa shape index (κ1) is 21.8. The first-order valence-corrected chi connectivity index (χ1v) is 10.5. The van der Waals surface area contributed by atoms with Crippen LogP contribution in [0.25, 0.3) is 6.08 Å². The molecule has 1 aliphatic heterocycles. The maximum atomic E-state index is 12.5. The Hall–Kier alpha value is -2.93. The number of benzene rings is 2. The zero-order chi connectivity index (χ0) is 21.5. The van der Waals surface area contributed by atoms with Crippen molar-refractivity contribution in [2.45, 2.75) is 25.8 Å². The number of carbonyl (C=O) groups is 3. The third-order valence-electron chi connectivity index (χ3n) is 4.77. The fourth-order valence-corrected chi connectivity index (χ4v) is 3.68. The van der Waals surface area contributed by atoms with Crippen molar-refractivity contribution < 1.29 is 19.1 Å². The van der Waals surface area contributed by atoms with Gasteiger partial charge in [-0.25, -0.2) is 0 Å². The molecule has 1 fully saturated rings. The van der Waals surface area contributed by atoms with Crippen molar-refractivity contribution in [3.05, 3.63) is 70.2 Å². The molecule has 7 heteroatoms. The van der Waals surface area contributed by atoms with Crippen LogP contribution in [0.1, 0.15) is 35.7 Å². The molecule has 6 nitrogen and oxygen atoms in total. The van der Waals surface area contributed by atoms with Crippen molar-refractivity contribution in [3.63, 3.8) is 0 Å². The average Bonchev–Trinajstić information content (AvgIpc) is 2.72. The van der Waals surface area contributed by atoms with Crippen LogP contribution in [0.15, 0.2) is 59.1 Å². The Morgan fingerprint density at radius 1 is 1.10 bits per heavy atom. The van der Waals surface area contributed by atoms with Crippen molar-refractivity contribution >= 4 is 39.8 Å². The highest BCUT2D eigenvalue weighted by Gasteiger charge is 2.23. The minimum atomic E-state index is -0.432. The number of hydrogen-bond donors (Lipinski definition) is 1. The molecule has 0 bridgehead atoms. The van der Waals surface area contributed by atoms with E-state index in [4.69, 9.17) is 4.74 Å². The van der Waals surface area contributed by atoms with Crippen LogP contribution in [0, 0.1) is 0 Å². The van der Waals surface area contributed by atoms with Crippen LogP contribution in [0.3, 0.4) is 0 Å². The number of piperidine rings is 1. The number of esters is 1. The van der Waals surface area contributed by atoms with Gasteiger partial charge in [0, 0.05) is 42.2 Å². The lowest BCUT2D eigenvalue weighted by molar-refractivity contribution is -0.132. The molecule has 1 heterocycles. The smallest absolute Gasteiger partial charge is 0.308 e. The molecule has 1 aliphatic rings. The maximum Gasteiger partial charge on any atom is 0.308 e. The van der Waals surface area contributed by atoms with Crippen LogP contribution in [-0.4, -0.2) is 41.8 Å². The van der Waals surface area contributed by atoms with Gasteiger partial charge in [0.25, 0.3) is 5.91 Å². The summed E-state index contributed by atoms with van der Waals surface area (Å²) < 4.78 is 5.99. The summed E-state index contributed by atoms with van der Waals surface area (Å²) in [6.45, 7) is 2.48. The largest absolute Gasteiger partial charge is 0.427 e. The quantitative estimate of drug-likeness (QED) is 0.409. The summed E-state index contributed by atoms with van der Waals surface area (Å²) in [5.74, 6) is -0.344. The summed E-state index contributed by atoms with van der Waals surface area (Å²) in [5, 5.41) is 3.00. The van der Waals surface area contributed by atoms with Gasteiger partial charge in [-0.1, -0.05) is 34.1 Å². The van der Waals surface area contributed by atoms with Gasteiger partial charge in [0.1, 0.15) is 5.75 Å². The van der Waals surface area contributed by atoms with E-state index in [-0.39, 0.29) is 17.9 Å². The van der Waals surface area contributed by atoms with E-state index in [9.17, 15) is 14.4 Å². The molecular weight excluding hydrogens is 448 g/mol. The summed E-state index contributed by atoms with van der Waals surface area (Å²) in [4.78, 5) is 37.8. The predicted octanol–water partition coefficient (Wildman–Crippen LogP) is 3.81. The molecule has 0 aromatic heterocycles. The van der Waals surface area contributed by atoms with Crippen LogP contribution in [-0.2, 0) is 9.59 Å². The van der Waals surface area contributed by atoms with Crippen LogP contribution in [0.5, 0.6) is 5.75 Å². The van der Waals surface area contributed by atoms with Crippen molar-refractivity contribution in [3.8, 4) is 5.75 Å². The zero-order valence-corrected chi connectivity index (χ0v) is 18.2. The van der Waals surface area contributed by atoms with Gasteiger partial charge in [-0.05, 0) is 54.8 Å². The van der Waals surface area contributed by atoms with Gasteiger partial charge in [-0.15, -0.1) is 0 Å². The van der Waals surface area contributed by atoms with Gasteiger partial charge in [-0.2, -0.15) is 0 Å². The monoisotopic (exact) mass is 470 g/mol. The Bertz CT molecular complexity index is 965. The van der Waals surface area contributed by atoms with E-state index in [1.165, 1.54) is 6.92 Å². The zero-order valence-electron chi connectivity index (χ0n) is 16.6. The predicted molar refractivity (Wildman–Crippen MR) is 118 cm³/mol. The average molecular weight is 471 g/mol. The number of ether oxygens (including phenoxy) is 1. The number of nitrogens with one attached hydrogen (secondary N) is 1. The van der Waals surface area contributed by atoms with Crippen LogP contribution in [0.4, 0.5) is 0 Å². The Labute approximate surface area is 184 Å². The summed E-state index contributed by atoms with van der Waals surface area (Å²) in [7, 11) is 0. The highest BCUT2D eigenvalue weighted by molar-refractivity contribution is 9.10. The number of halogens is 1. The summed E-state index contributed by atoms with van der Waals surface area (Å²) in [6, 6.07) is 14.3. The van der Waals surface area contributed by atoms with E-state index in [1.807, 2.05) is 24.3 Å². The van der Waals surface area contributed by atoms with E-state index in [2.05, 4.69) is 21.2 Å². The molecule has 0 atom stereocenters. The number of hydrogen-bond acceptors (Lipinski definition) is 4. The molecule has 0 radical (unpaired) electrons. The van der Waals surface area contributed by atoms with E-state index >= 15 is 0 Å². The number of likely N-dealkylation sites (tertiary alicyclic amines) is 1. The van der Waals surface area contributed by atoms with Gasteiger partial charge < -0.3 is 15.0 Å². The molecule has 3 rings (SSSR count).